The van der Waals surface area contributed by atoms with Gasteiger partial charge in [0.15, 0.2) is 0 Å². The molecule has 172 valence electrons. The molecule has 1 aliphatic heterocycles. The van der Waals surface area contributed by atoms with Gasteiger partial charge in [-0.2, -0.15) is 0 Å². The molecule has 1 aromatic heterocycles. The van der Waals surface area contributed by atoms with Crippen molar-refractivity contribution in [1.29, 1.82) is 0 Å². The maximum Gasteiger partial charge on any atom is 0.273 e. The van der Waals surface area contributed by atoms with Crippen molar-refractivity contribution in [3.63, 3.8) is 0 Å². The molecule has 0 bridgehead atoms. The van der Waals surface area contributed by atoms with Crippen molar-refractivity contribution < 1.29 is 23.9 Å². The fourth-order valence-electron chi connectivity index (χ4n) is 3.71. The van der Waals surface area contributed by atoms with Gasteiger partial charge in [-0.05, 0) is 55.0 Å². The van der Waals surface area contributed by atoms with Crippen LogP contribution >= 0.6 is 0 Å². The molecule has 0 radical (unpaired) electrons. The number of ether oxygens (including phenoxy) is 1. The fraction of sp³-hybridized carbons (Fsp3) is 0.160. The lowest BCUT2D eigenvalue weighted by Gasteiger charge is -2.28. The number of anilines is 1. The van der Waals surface area contributed by atoms with Crippen LogP contribution in [0.15, 0.2) is 73.1 Å². The quantitative estimate of drug-likeness (QED) is 0.465. The molecule has 9 nitrogen and oxygen atoms in total. The predicted molar refractivity (Wildman–Crippen MR) is 123 cm³/mol. The van der Waals surface area contributed by atoms with Crippen molar-refractivity contribution in [3.05, 3.63) is 89.7 Å². The van der Waals surface area contributed by atoms with Gasteiger partial charge in [0.1, 0.15) is 11.8 Å². The molecule has 1 N–H and O–H groups in total. The highest BCUT2D eigenvalue weighted by atomic mass is 16.5. The fourth-order valence-corrected chi connectivity index (χ4v) is 3.71. The van der Waals surface area contributed by atoms with Crippen LogP contribution in [0.25, 0.3) is 0 Å². The van der Waals surface area contributed by atoms with Gasteiger partial charge in [-0.25, -0.2) is 9.91 Å². The van der Waals surface area contributed by atoms with E-state index in [0.29, 0.717) is 22.6 Å². The summed E-state index contributed by atoms with van der Waals surface area (Å²) in [5, 5.41) is 0.953. The predicted octanol–water partition coefficient (Wildman–Crippen LogP) is 2.52. The molecule has 1 unspecified atom stereocenters. The number of aromatic nitrogens is 1. The highest BCUT2D eigenvalue weighted by Crippen LogP contribution is 2.28. The average molecular weight is 458 g/mol. The van der Waals surface area contributed by atoms with Crippen LogP contribution in [0.5, 0.6) is 5.75 Å². The highest BCUT2D eigenvalue weighted by Gasteiger charge is 2.45. The largest absolute Gasteiger partial charge is 0.497 e. The van der Waals surface area contributed by atoms with Gasteiger partial charge >= 0.3 is 0 Å². The monoisotopic (exact) mass is 458 g/mol. The van der Waals surface area contributed by atoms with E-state index >= 15 is 0 Å². The first kappa shape index (κ1) is 22.7. The molecule has 4 rings (SSSR count). The molecule has 2 heterocycles. The number of carbonyl (C=O) groups excluding carboxylic acids is 4. The summed E-state index contributed by atoms with van der Waals surface area (Å²) in [5.74, 6) is -1.73. The summed E-state index contributed by atoms with van der Waals surface area (Å²) in [6, 6.07) is 15.0. The summed E-state index contributed by atoms with van der Waals surface area (Å²) in [6.07, 6.45) is 2.61. The van der Waals surface area contributed by atoms with E-state index in [2.05, 4.69) is 10.4 Å². The minimum atomic E-state index is -1.22. The minimum Gasteiger partial charge on any atom is -0.497 e. The van der Waals surface area contributed by atoms with E-state index < -0.39 is 29.7 Å². The van der Waals surface area contributed by atoms with Crippen molar-refractivity contribution >= 4 is 29.3 Å². The molecule has 34 heavy (non-hydrogen) atoms. The SMILES string of the molecule is COc1ccc(N2C(=O)CC(N(NC(=O)c3ccncc3)C(=O)c3ccccc3C)C2=O)cc1. The number of hydrogen-bond acceptors (Lipinski definition) is 6. The molecule has 1 atom stereocenters. The number of aryl methyl sites for hydroxylation is 1. The number of amides is 4. The summed E-state index contributed by atoms with van der Waals surface area (Å²) in [6.45, 7) is 1.75. The molecule has 0 saturated carbocycles. The van der Waals surface area contributed by atoms with Gasteiger partial charge in [0.25, 0.3) is 17.7 Å². The number of carbonyl (C=O) groups is 4. The second kappa shape index (κ2) is 9.53. The van der Waals surface area contributed by atoms with E-state index in [1.165, 1.54) is 31.6 Å². The van der Waals surface area contributed by atoms with Gasteiger partial charge < -0.3 is 4.74 Å². The lowest BCUT2D eigenvalue weighted by Crippen LogP contribution is -2.54. The van der Waals surface area contributed by atoms with Gasteiger partial charge in [0.05, 0.1) is 19.2 Å². The average Bonchev–Trinajstić information content (AvgIpc) is 3.16. The first-order valence-corrected chi connectivity index (χ1v) is 10.5. The first-order chi connectivity index (χ1) is 16.4. The van der Waals surface area contributed by atoms with Crippen LogP contribution in [-0.4, -0.2) is 46.8 Å². The van der Waals surface area contributed by atoms with E-state index in [0.717, 1.165) is 9.91 Å². The van der Waals surface area contributed by atoms with Crippen LogP contribution < -0.4 is 15.1 Å². The first-order valence-electron chi connectivity index (χ1n) is 10.5. The lowest BCUT2D eigenvalue weighted by molar-refractivity contribution is -0.122. The van der Waals surface area contributed by atoms with Crippen LogP contribution in [0.2, 0.25) is 0 Å². The number of pyridine rings is 1. The van der Waals surface area contributed by atoms with Crippen molar-refractivity contribution in [1.82, 2.24) is 15.4 Å². The Balaban J connectivity index is 1.68. The van der Waals surface area contributed by atoms with Crippen LogP contribution in [0, 0.1) is 6.92 Å². The Morgan fingerprint density at radius 1 is 1.03 bits per heavy atom. The number of nitrogens with one attached hydrogen (secondary N) is 1. The molecule has 1 fully saturated rings. The van der Waals surface area contributed by atoms with Gasteiger partial charge in [-0.1, -0.05) is 18.2 Å². The Kier molecular flexibility index (Phi) is 6.35. The van der Waals surface area contributed by atoms with Crippen molar-refractivity contribution in [2.24, 2.45) is 0 Å². The Morgan fingerprint density at radius 3 is 2.35 bits per heavy atom. The van der Waals surface area contributed by atoms with Crippen LogP contribution in [-0.2, 0) is 9.59 Å². The zero-order chi connectivity index (χ0) is 24.2. The number of methoxy groups -OCH3 is 1. The molecule has 9 heteroatoms. The second-order valence-corrected chi connectivity index (χ2v) is 7.65. The van der Waals surface area contributed by atoms with Gasteiger partial charge in [-0.3, -0.25) is 29.6 Å². The standard InChI is InChI=1S/C25H22N4O5/c1-16-5-3-4-6-20(16)24(32)29(27-23(31)17-11-13-26-14-12-17)21-15-22(30)28(25(21)33)18-7-9-19(34-2)10-8-18/h3-14,21H,15H2,1-2H3,(H,27,31). The van der Waals surface area contributed by atoms with Gasteiger partial charge in [0.2, 0.25) is 5.91 Å². The molecule has 0 aliphatic carbocycles. The lowest BCUT2D eigenvalue weighted by atomic mass is 10.1. The molecule has 0 spiro atoms. The zero-order valence-electron chi connectivity index (χ0n) is 18.6. The smallest absolute Gasteiger partial charge is 0.273 e. The van der Waals surface area contributed by atoms with Crippen molar-refractivity contribution in [2.75, 3.05) is 12.0 Å². The van der Waals surface area contributed by atoms with E-state index in [-0.39, 0.29) is 12.0 Å². The molecule has 2 aromatic carbocycles. The topological polar surface area (TPSA) is 109 Å². The van der Waals surface area contributed by atoms with Gasteiger partial charge in [0, 0.05) is 23.5 Å². The van der Waals surface area contributed by atoms with E-state index in [4.69, 9.17) is 4.74 Å². The van der Waals surface area contributed by atoms with Crippen molar-refractivity contribution in [2.45, 2.75) is 19.4 Å². The highest BCUT2D eigenvalue weighted by molar-refractivity contribution is 6.23. The zero-order valence-corrected chi connectivity index (χ0v) is 18.6. The number of rotatable bonds is 5. The number of nitrogens with zero attached hydrogens (tertiary/aromatic N) is 3. The number of imide groups is 1. The number of hydrazine groups is 1. The summed E-state index contributed by atoms with van der Waals surface area (Å²) in [4.78, 5) is 57.5. The normalized spacial score (nSPS) is 15.2. The summed E-state index contributed by atoms with van der Waals surface area (Å²) >= 11 is 0. The summed E-state index contributed by atoms with van der Waals surface area (Å²) in [7, 11) is 1.51. The summed E-state index contributed by atoms with van der Waals surface area (Å²) in [5.41, 5.74) is 4.11. The molecule has 1 saturated heterocycles. The minimum absolute atomic E-state index is 0.251. The van der Waals surface area contributed by atoms with E-state index in [1.807, 2.05) is 0 Å². The molecule has 4 amide bonds. The third-order valence-corrected chi connectivity index (χ3v) is 5.52. The Morgan fingerprint density at radius 2 is 1.71 bits per heavy atom. The van der Waals surface area contributed by atoms with Crippen molar-refractivity contribution in [3.8, 4) is 5.75 Å². The summed E-state index contributed by atoms with van der Waals surface area (Å²) < 4.78 is 5.13. The Hall–Kier alpha value is -4.53. The molecular formula is C25H22N4O5. The van der Waals surface area contributed by atoms with Crippen LogP contribution in [0.1, 0.15) is 32.7 Å². The Bertz CT molecular complexity index is 1240. The van der Waals surface area contributed by atoms with Gasteiger partial charge in [-0.15, -0.1) is 0 Å². The molecular weight excluding hydrogens is 436 g/mol. The van der Waals surface area contributed by atoms with E-state index in [9.17, 15) is 19.2 Å². The maximum atomic E-state index is 13.5. The maximum absolute atomic E-state index is 13.5. The third-order valence-electron chi connectivity index (χ3n) is 5.52. The third kappa shape index (κ3) is 4.36. The second-order valence-electron chi connectivity index (χ2n) is 7.65. The van der Waals surface area contributed by atoms with Crippen LogP contribution in [0.4, 0.5) is 5.69 Å². The number of hydrogen-bond donors (Lipinski definition) is 1. The molecule has 3 aromatic rings. The van der Waals surface area contributed by atoms with E-state index in [1.54, 1.807) is 55.5 Å². The number of benzene rings is 2. The van der Waals surface area contributed by atoms with Crippen LogP contribution in [0.3, 0.4) is 0 Å². The molecule has 1 aliphatic rings. The Labute approximate surface area is 195 Å².